The monoisotopic (exact) mass is 362 g/mol. The fraction of sp³-hybridized carbons (Fsp3) is 0.222. The van der Waals surface area contributed by atoms with Gasteiger partial charge in [0.2, 0.25) is 0 Å². The lowest BCUT2D eigenvalue weighted by atomic mass is 10.2. The van der Waals surface area contributed by atoms with Crippen molar-refractivity contribution < 1.29 is 19.1 Å². The van der Waals surface area contributed by atoms with Gasteiger partial charge in [0, 0.05) is 18.3 Å². The van der Waals surface area contributed by atoms with Crippen LogP contribution in [-0.4, -0.2) is 40.0 Å². The van der Waals surface area contributed by atoms with Crippen LogP contribution in [0.1, 0.15) is 5.56 Å². The molecule has 0 saturated heterocycles. The second-order valence-corrected chi connectivity index (χ2v) is 5.44. The molecule has 1 amide bonds. The fourth-order valence-corrected chi connectivity index (χ4v) is 2.39. The Hall–Kier alpha value is -2.73. The number of hydrogen-bond donors (Lipinski definition) is 0. The minimum absolute atomic E-state index is 0.178. The molecule has 2 rings (SSSR count). The number of methoxy groups -OCH3 is 2. The van der Waals surface area contributed by atoms with Gasteiger partial charge >= 0.3 is 0 Å². The summed E-state index contributed by atoms with van der Waals surface area (Å²) >= 11 is 6.12. The molecular weight excluding hydrogens is 344 g/mol. The van der Waals surface area contributed by atoms with Gasteiger partial charge in [-0.25, -0.2) is 0 Å². The summed E-state index contributed by atoms with van der Waals surface area (Å²) in [5.74, 6) is 0.715. The zero-order chi connectivity index (χ0) is 18.2. The van der Waals surface area contributed by atoms with Crippen LogP contribution in [0.4, 0.5) is 5.69 Å². The molecule has 0 fully saturated rings. The quantitative estimate of drug-likeness (QED) is 0.559. The fourth-order valence-electron chi connectivity index (χ4n) is 2.10. The van der Waals surface area contributed by atoms with Crippen molar-refractivity contribution in [2.45, 2.75) is 0 Å². The Kier molecular flexibility index (Phi) is 6.65. The number of amides is 1. The lowest BCUT2D eigenvalue weighted by Gasteiger charge is -2.16. The molecule has 0 N–H and O–H groups in total. The van der Waals surface area contributed by atoms with Crippen LogP contribution in [0, 0.1) is 0 Å². The number of ether oxygens (including phenoxy) is 2. The number of oxime groups is 1. The van der Waals surface area contributed by atoms with Crippen LogP contribution in [0.3, 0.4) is 0 Å². The first-order valence-corrected chi connectivity index (χ1v) is 7.83. The molecule has 0 saturated carbocycles. The number of hydrogen-bond acceptors (Lipinski definition) is 5. The number of para-hydroxylation sites is 1. The summed E-state index contributed by atoms with van der Waals surface area (Å²) in [7, 11) is 4.71. The first kappa shape index (κ1) is 18.6. The van der Waals surface area contributed by atoms with E-state index >= 15 is 0 Å². The maximum Gasteiger partial charge on any atom is 0.267 e. The van der Waals surface area contributed by atoms with E-state index in [0.717, 1.165) is 5.69 Å². The topological polar surface area (TPSA) is 60.4 Å². The summed E-state index contributed by atoms with van der Waals surface area (Å²) in [5.41, 5.74) is 1.44. The molecular formula is C18H19ClN2O4. The Bertz CT molecular complexity index is 750. The number of nitrogens with zero attached hydrogens (tertiary/aromatic N) is 2. The lowest BCUT2D eigenvalue weighted by molar-refractivity contribution is -0.122. The van der Waals surface area contributed by atoms with E-state index in [4.69, 9.17) is 25.9 Å². The highest BCUT2D eigenvalue weighted by Gasteiger charge is 2.11. The van der Waals surface area contributed by atoms with Crippen LogP contribution in [0.5, 0.6) is 11.5 Å². The van der Waals surface area contributed by atoms with Gasteiger partial charge in [0.1, 0.15) is 0 Å². The zero-order valence-electron chi connectivity index (χ0n) is 14.2. The molecule has 0 aliphatic carbocycles. The van der Waals surface area contributed by atoms with Gasteiger partial charge in [-0.15, -0.1) is 0 Å². The first-order chi connectivity index (χ1) is 12.1. The van der Waals surface area contributed by atoms with E-state index in [2.05, 4.69) is 5.16 Å². The molecule has 0 aliphatic rings. The molecule has 132 valence electrons. The minimum atomic E-state index is -0.214. The molecule has 0 bridgehead atoms. The molecule has 25 heavy (non-hydrogen) atoms. The largest absolute Gasteiger partial charge is 0.493 e. The highest BCUT2D eigenvalue weighted by molar-refractivity contribution is 6.32. The molecule has 2 aromatic rings. The van der Waals surface area contributed by atoms with E-state index in [1.807, 2.05) is 30.3 Å². The summed E-state index contributed by atoms with van der Waals surface area (Å²) in [6, 6.07) is 12.7. The smallest absolute Gasteiger partial charge is 0.267 e. The first-order valence-electron chi connectivity index (χ1n) is 7.45. The number of carbonyl (C=O) groups excluding carboxylic acids is 1. The van der Waals surface area contributed by atoms with E-state index in [-0.39, 0.29) is 12.5 Å². The summed E-state index contributed by atoms with van der Waals surface area (Å²) in [6.45, 7) is -0.178. The van der Waals surface area contributed by atoms with Gasteiger partial charge in [-0.3, -0.25) is 4.79 Å². The van der Waals surface area contributed by atoms with E-state index < -0.39 is 0 Å². The van der Waals surface area contributed by atoms with Gasteiger partial charge < -0.3 is 19.2 Å². The van der Waals surface area contributed by atoms with Crippen LogP contribution < -0.4 is 14.4 Å². The van der Waals surface area contributed by atoms with Crippen LogP contribution >= 0.6 is 11.6 Å². The van der Waals surface area contributed by atoms with Crippen LogP contribution in [-0.2, 0) is 9.63 Å². The van der Waals surface area contributed by atoms with Gasteiger partial charge in [0.15, 0.2) is 18.1 Å². The Morgan fingerprint density at radius 2 is 1.92 bits per heavy atom. The molecule has 0 spiro atoms. The van der Waals surface area contributed by atoms with E-state index in [1.54, 1.807) is 19.2 Å². The number of benzene rings is 2. The Morgan fingerprint density at radius 1 is 1.20 bits per heavy atom. The minimum Gasteiger partial charge on any atom is -0.493 e. The van der Waals surface area contributed by atoms with Crippen molar-refractivity contribution in [2.24, 2.45) is 5.16 Å². The van der Waals surface area contributed by atoms with Crippen molar-refractivity contribution in [1.82, 2.24) is 0 Å². The Morgan fingerprint density at radius 3 is 2.56 bits per heavy atom. The molecule has 2 aromatic carbocycles. The van der Waals surface area contributed by atoms with Crippen LogP contribution in [0.25, 0.3) is 0 Å². The number of anilines is 1. The van der Waals surface area contributed by atoms with Crippen molar-refractivity contribution in [3.63, 3.8) is 0 Å². The maximum absolute atomic E-state index is 12.1. The third kappa shape index (κ3) is 4.87. The van der Waals surface area contributed by atoms with Crippen molar-refractivity contribution >= 4 is 29.4 Å². The zero-order valence-corrected chi connectivity index (χ0v) is 15.0. The number of rotatable bonds is 7. The van der Waals surface area contributed by atoms with Crippen molar-refractivity contribution in [1.29, 1.82) is 0 Å². The van der Waals surface area contributed by atoms with Gasteiger partial charge in [-0.1, -0.05) is 35.0 Å². The number of carbonyl (C=O) groups is 1. The lowest BCUT2D eigenvalue weighted by Crippen LogP contribution is -2.29. The van der Waals surface area contributed by atoms with E-state index in [0.29, 0.717) is 22.1 Å². The summed E-state index contributed by atoms with van der Waals surface area (Å²) in [5, 5.41) is 4.19. The van der Waals surface area contributed by atoms with Gasteiger partial charge in [-0.05, 0) is 24.3 Å². The predicted molar refractivity (Wildman–Crippen MR) is 98.0 cm³/mol. The van der Waals surface area contributed by atoms with Gasteiger partial charge in [0.05, 0.1) is 25.5 Å². The third-order valence-corrected chi connectivity index (χ3v) is 3.72. The normalized spacial score (nSPS) is 10.6. The average Bonchev–Trinajstić information content (AvgIpc) is 2.64. The Labute approximate surface area is 151 Å². The standard InChI is InChI=1S/C18H19ClN2O4/c1-21(14-7-5-4-6-8-14)17(22)12-25-20-11-13-9-15(19)18(24-3)16(10-13)23-2/h4-11H,12H2,1-3H3/b20-11-. The Balaban J connectivity index is 1.95. The van der Waals surface area contributed by atoms with Crippen molar-refractivity contribution in [3.8, 4) is 11.5 Å². The summed E-state index contributed by atoms with van der Waals surface area (Å²) in [4.78, 5) is 18.6. The predicted octanol–water partition coefficient (Wildman–Crippen LogP) is 3.37. The summed E-state index contributed by atoms with van der Waals surface area (Å²) < 4.78 is 10.4. The molecule has 0 aromatic heterocycles. The SMILES string of the molecule is COc1cc(/C=N\OCC(=O)N(C)c2ccccc2)cc(Cl)c1OC. The molecule has 0 heterocycles. The molecule has 6 nitrogen and oxygen atoms in total. The molecule has 0 atom stereocenters. The molecule has 0 aliphatic heterocycles. The number of halogens is 1. The van der Waals surface area contributed by atoms with Crippen LogP contribution in [0.2, 0.25) is 5.02 Å². The van der Waals surface area contributed by atoms with Gasteiger partial charge in [-0.2, -0.15) is 0 Å². The maximum atomic E-state index is 12.1. The highest BCUT2D eigenvalue weighted by Crippen LogP contribution is 2.35. The van der Waals surface area contributed by atoms with Crippen molar-refractivity contribution in [3.05, 3.63) is 53.1 Å². The highest BCUT2D eigenvalue weighted by atomic mass is 35.5. The molecule has 7 heteroatoms. The number of likely N-dealkylation sites (N-methyl/N-ethyl adjacent to an activating group) is 1. The molecule has 0 unspecified atom stereocenters. The van der Waals surface area contributed by atoms with E-state index in [1.165, 1.54) is 25.3 Å². The van der Waals surface area contributed by atoms with Gasteiger partial charge in [0.25, 0.3) is 5.91 Å². The second kappa shape index (κ2) is 8.94. The average molecular weight is 363 g/mol. The molecule has 0 radical (unpaired) electrons. The third-order valence-electron chi connectivity index (χ3n) is 3.44. The summed E-state index contributed by atoms with van der Waals surface area (Å²) in [6.07, 6.45) is 1.45. The van der Waals surface area contributed by atoms with E-state index in [9.17, 15) is 4.79 Å². The van der Waals surface area contributed by atoms with Crippen molar-refractivity contribution in [2.75, 3.05) is 32.8 Å². The second-order valence-electron chi connectivity index (χ2n) is 5.03. The van der Waals surface area contributed by atoms with Crippen LogP contribution in [0.15, 0.2) is 47.6 Å².